The third-order valence-corrected chi connectivity index (χ3v) is 6.70. The molecule has 2 amide bonds. The molecule has 1 N–H and O–H groups in total. The molecular weight excluding hydrogens is 428 g/mol. The highest BCUT2D eigenvalue weighted by atomic mass is 35.5. The minimum Gasteiger partial charge on any atom is -0.351 e. The Morgan fingerprint density at radius 2 is 1.81 bits per heavy atom. The summed E-state index contributed by atoms with van der Waals surface area (Å²) in [6.07, 6.45) is 4.43. The van der Waals surface area contributed by atoms with Gasteiger partial charge in [-0.3, -0.25) is 14.5 Å². The minimum absolute atomic E-state index is 0.139. The largest absolute Gasteiger partial charge is 0.351 e. The number of benzene rings is 2. The lowest BCUT2D eigenvalue weighted by molar-refractivity contribution is -0.127. The van der Waals surface area contributed by atoms with Gasteiger partial charge in [0.25, 0.3) is 0 Å². The SMILES string of the molecule is O=C(NC1CCCC1)[C@@H](c1ccccc1)N(C(=O)Cc1cccs1)c1cccc(Cl)c1. The molecule has 4 rings (SSSR count). The van der Waals surface area contributed by atoms with Crippen LogP contribution in [0.3, 0.4) is 0 Å². The van der Waals surface area contributed by atoms with Crippen molar-refractivity contribution < 1.29 is 9.59 Å². The number of thiophene rings is 1. The molecule has 0 spiro atoms. The van der Waals surface area contributed by atoms with Crippen molar-refractivity contribution in [2.75, 3.05) is 4.90 Å². The minimum atomic E-state index is -0.771. The molecule has 0 aliphatic heterocycles. The van der Waals surface area contributed by atoms with Crippen LogP contribution in [0.5, 0.6) is 0 Å². The first-order valence-electron chi connectivity index (χ1n) is 10.6. The van der Waals surface area contributed by atoms with Crippen molar-refractivity contribution in [2.24, 2.45) is 0 Å². The standard InChI is InChI=1S/C25H25ClN2O2S/c26-19-10-6-13-21(16-19)28(23(29)17-22-14-7-15-31-22)24(18-8-2-1-3-9-18)25(30)27-20-11-4-5-12-20/h1-3,6-10,13-16,20,24H,4-5,11-12,17H2,(H,27,30)/t24-/m1/s1. The zero-order chi connectivity index (χ0) is 21.6. The fourth-order valence-electron chi connectivity index (χ4n) is 4.11. The number of rotatable bonds is 7. The Hall–Kier alpha value is -2.63. The van der Waals surface area contributed by atoms with E-state index in [2.05, 4.69) is 5.32 Å². The molecule has 2 aromatic carbocycles. The summed E-state index contributed by atoms with van der Waals surface area (Å²) < 4.78 is 0. The highest BCUT2D eigenvalue weighted by Crippen LogP contribution is 2.31. The summed E-state index contributed by atoms with van der Waals surface area (Å²) in [4.78, 5) is 29.7. The summed E-state index contributed by atoms with van der Waals surface area (Å²) in [6.45, 7) is 0. The average molecular weight is 453 g/mol. The van der Waals surface area contributed by atoms with E-state index in [4.69, 9.17) is 11.6 Å². The second-order valence-corrected chi connectivity index (χ2v) is 9.27. The van der Waals surface area contributed by atoms with Gasteiger partial charge in [-0.15, -0.1) is 11.3 Å². The Bertz CT molecular complexity index is 1020. The van der Waals surface area contributed by atoms with Crippen molar-refractivity contribution in [1.29, 1.82) is 0 Å². The smallest absolute Gasteiger partial charge is 0.248 e. The molecule has 1 saturated carbocycles. The van der Waals surface area contributed by atoms with Gasteiger partial charge in [-0.2, -0.15) is 0 Å². The van der Waals surface area contributed by atoms with E-state index >= 15 is 0 Å². The van der Waals surface area contributed by atoms with Crippen LogP contribution in [0.4, 0.5) is 5.69 Å². The van der Waals surface area contributed by atoms with E-state index in [9.17, 15) is 9.59 Å². The molecule has 0 unspecified atom stereocenters. The highest BCUT2D eigenvalue weighted by Gasteiger charge is 2.34. The molecule has 4 nitrogen and oxygen atoms in total. The van der Waals surface area contributed by atoms with Gasteiger partial charge in [-0.05, 0) is 48.1 Å². The number of carbonyl (C=O) groups is 2. The van der Waals surface area contributed by atoms with Crippen LogP contribution in [0.15, 0.2) is 72.1 Å². The van der Waals surface area contributed by atoms with Gasteiger partial charge in [0, 0.05) is 21.6 Å². The summed E-state index contributed by atoms with van der Waals surface area (Å²) in [5.74, 6) is -0.294. The highest BCUT2D eigenvalue weighted by molar-refractivity contribution is 7.10. The number of nitrogens with one attached hydrogen (secondary N) is 1. The molecule has 0 saturated heterocycles. The molecule has 1 fully saturated rings. The van der Waals surface area contributed by atoms with E-state index in [0.717, 1.165) is 36.1 Å². The number of nitrogens with zero attached hydrogens (tertiary/aromatic N) is 1. The van der Waals surface area contributed by atoms with E-state index in [1.54, 1.807) is 23.1 Å². The fourth-order valence-corrected chi connectivity index (χ4v) is 4.99. The molecule has 160 valence electrons. The molecule has 1 aromatic heterocycles. The number of anilines is 1. The molecule has 3 aromatic rings. The molecule has 1 heterocycles. The first-order chi connectivity index (χ1) is 15.1. The lowest BCUT2D eigenvalue weighted by Crippen LogP contribution is -2.46. The molecule has 1 aliphatic carbocycles. The molecule has 31 heavy (non-hydrogen) atoms. The van der Waals surface area contributed by atoms with Gasteiger partial charge in [0.05, 0.1) is 6.42 Å². The Balaban J connectivity index is 1.74. The van der Waals surface area contributed by atoms with Gasteiger partial charge in [-0.25, -0.2) is 0 Å². The predicted molar refractivity (Wildman–Crippen MR) is 127 cm³/mol. The number of halogens is 1. The quantitative estimate of drug-likeness (QED) is 0.494. The zero-order valence-corrected chi connectivity index (χ0v) is 18.7. The van der Waals surface area contributed by atoms with Crippen LogP contribution in [0, 0.1) is 0 Å². The number of hydrogen-bond donors (Lipinski definition) is 1. The van der Waals surface area contributed by atoms with Crippen molar-refractivity contribution in [3.8, 4) is 0 Å². The zero-order valence-electron chi connectivity index (χ0n) is 17.2. The molecule has 1 atom stereocenters. The Morgan fingerprint density at radius 3 is 2.48 bits per heavy atom. The van der Waals surface area contributed by atoms with Crippen molar-refractivity contribution in [2.45, 2.75) is 44.2 Å². The van der Waals surface area contributed by atoms with Gasteiger partial charge in [0.1, 0.15) is 6.04 Å². The van der Waals surface area contributed by atoms with E-state index < -0.39 is 6.04 Å². The molecule has 0 radical (unpaired) electrons. The van der Waals surface area contributed by atoms with Gasteiger partial charge < -0.3 is 5.32 Å². The second-order valence-electron chi connectivity index (χ2n) is 7.80. The van der Waals surface area contributed by atoms with Gasteiger partial charge in [0.2, 0.25) is 11.8 Å². The maximum atomic E-state index is 13.6. The first-order valence-corrected chi connectivity index (χ1v) is 11.8. The maximum Gasteiger partial charge on any atom is 0.248 e. The topological polar surface area (TPSA) is 49.4 Å². The van der Waals surface area contributed by atoms with E-state index in [1.807, 2.05) is 53.9 Å². The van der Waals surface area contributed by atoms with Gasteiger partial charge in [0.15, 0.2) is 0 Å². The number of amides is 2. The van der Waals surface area contributed by atoms with Crippen molar-refractivity contribution in [3.63, 3.8) is 0 Å². The number of carbonyl (C=O) groups excluding carboxylic acids is 2. The fraction of sp³-hybridized carbons (Fsp3) is 0.280. The van der Waals surface area contributed by atoms with Crippen LogP contribution in [0.1, 0.15) is 42.2 Å². The maximum absolute atomic E-state index is 13.6. The summed E-state index contributed by atoms with van der Waals surface area (Å²) in [5.41, 5.74) is 1.39. The average Bonchev–Trinajstić information content (AvgIpc) is 3.46. The molecular formula is C25H25ClN2O2S. The molecule has 1 aliphatic rings. The molecule has 0 bridgehead atoms. The van der Waals surface area contributed by atoms with Crippen molar-refractivity contribution in [3.05, 3.63) is 87.6 Å². The van der Waals surface area contributed by atoms with Gasteiger partial charge in [-0.1, -0.05) is 66.9 Å². The van der Waals surface area contributed by atoms with Crippen LogP contribution < -0.4 is 10.2 Å². The number of hydrogen-bond acceptors (Lipinski definition) is 3. The van der Waals surface area contributed by atoms with Crippen LogP contribution in [-0.2, 0) is 16.0 Å². The summed E-state index contributed by atoms with van der Waals surface area (Å²) in [5, 5.41) is 5.67. The van der Waals surface area contributed by atoms with Crippen LogP contribution in [0.2, 0.25) is 5.02 Å². The van der Waals surface area contributed by atoms with Crippen molar-refractivity contribution >= 4 is 40.4 Å². The lowest BCUT2D eigenvalue weighted by Gasteiger charge is -2.32. The van der Waals surface area contributed by atoms with E-state index in [1.165, 1.54) is 11.3 Å². The van der Waals surface area contributed by atoms with E-state index in [0.29, 0.717) is 10.7 Å². The normalized spacial score (nSPS) is 14.9. The predicted octanol–water partition coefficient (Wildman–Crippen LogP) is 5.78. The second kappa shape index (κ2) is 10.1. The summed E-state index contributed by atoms with van der Waals surface area (Å²) in [6, 6.07) is 19.9. The van der Waals surface area contributed by atoms with Crippen LogP contribution in [-0.4, -0.2) is 17.9 Å². The first kappa shape index (κ1) is 21.6. The van der Waals surface area contributed by atoms with Crippen LogP contribution in [0.25, 0.3) is 0 Å². The third kappa shape index (κ3) is 5.35. The summed E-state index contributed by atoms with van der Waals surface area (Å²) in [7, 11) is 0. The van der Waals surface area contributed by atoms with Crippen LogP contribution >= 0.6 is 22.9 Å². The summed E-state index contributed by atoms with van der Waals surface area (Å²) >= 11 is 7.80. The third-order valence-electron chi connectivity index (χ3n) is 5.58. The molecule has 6 heteroatoms. The van der Waals surface area contributed by atoms with Gasteiger partial charge >= 0.3 is 0 Å². The lowest BCUT2D eigenvalue weighted by atomic mass is 10.0. The Labute approximate surface area is 191 Å². The Kier molecular flexibility index (Phi) is 7.05. The Morgan fingerprint density at radius 1 is 1.03 bits per heavy atom. The van der Waals surface area contributed by atoms with Crippen molar-refractivity contribution in [1.82, 2.24) is 5.32 Å². The monoisotopic (exact) mass is 452 g/mol. The van der Waals surface area contributed by atoms with E-state index in [-0.39, 0.29) is 24.3 Å².